The van der Waals surface area contributed by atoms with Gasteiger partial charge >= 0.3 is 0 Å². The van der Waals surface area contributed by atoms with Crippen molar-refractivity contribution in [1.82, 2.24) is 9.47 Å². The zero-order valence-corrected chi connectivity index (χ0v) is 20.0. The number of carbonyl (C=O) groups excluding carboxylic acids is 2. The van der Waals surface area contributed by atoms with Crippen molar-refractivity contribution in [2.75, 3.05) is 26.3 Å². The lowest BCUT2D eigenvalue weighted by Crippen LogP contribution is -2.35. The van der Waals surface area contributed by atoms with Crippen LogP contribution in [0.4, 0.5) is 0 Å². The summed E-state index contributed by atoms with van der Waals surface area (Å²) in [5.74, 6) is 0.472. The van der Waals surface area contributed by atoms with Gasteiger partial charge in [0.1, 0.15) is 6.29 Å². The van der Waals surface area contributed by atoms with Gasteiger partial charge in [0, 0.05) is 47.3 Å². The molecule has 0 bridgehead atoms. The Hall–Kier alpha value is -3.18. The quantitative estimate of drug-likeness (QED) is 0.465. The predicted molar refractivity (Wildman–Crippen MR) is 136 cm³/mol. The molecule has 1 aromatic heterocycles. The number of aldehydes is 1. The van der Waals surface area contributed by atoms with Gasteiger partial charge in [-0.15, -0.1) is 0 Å². The molecule has 1 fully saturated rings. The van der Waals surface area contributed by atoms with E-state index in [1.807, 2.05) is 23.1 Å². The molecule has 5 nitrogen and oxygen atoms in total. The minimum atomic E-state index is 0.0747. The fourth-order valence-corrected chi connectivity index (χ4v) is 5.56. The van der Waals surface area contributed by atoms with Crippen molar-refractivity contribution >= 4 is 29.2 Å². The molecule has 1 saturated heterocycles. The molecule has 2 aliphatic heterocycles. The van der Waals surface area contributed by atoms with Gasteiger partial charge in [-0.1, -0.05) is 50.2 Å². The maximum absolute atomic E-state index is 13.7. The number of ether oxygens (including phenoxy) is 1. The standard InChI is InChI=1S/C29H32N2O3/c1-3-21(4-2)27-25-11-10-20(19-32)16-26(25)31-18-23(29(33)30-12-7-14-34-15-13-30)17-22-8-5-6-9-24(22)28(27)31/h5-6,8-11,16-17,19,21H,3-4,7,12-15,18H2,1-2H3. The molecule has 3 heterocycles. The minimum absolute atomic E-state index is 0.0747. The molecule has 0 saturated carbocycles. The predicted octanol–water partition coefficient (Wildman–Crippen LogP) is 5.67. The second-order valence-electron chi connectivity index (χ2n) is 9.27. The van der Waals surface area contributed by atoms with E-state index in [0.717, 1.165) is 47.8 Å². The molecule has 2 aliphatic rings. The average Bonchev–Trinajstić information content (AvgIpc) is 3.06. The maximum Gasteiger partial charge on any atom is 0.251 e. The van der Waals surface area contributed by atoms with E-state index in [1.165, 1.54) is 16.6 Å². The van der Waals surface area contributed by atoms with Gasteiger partial charge in [-0.3, -0.25) is 9.59 Å². The van der Waals surface area contributed by atoms with E-state index in [4.69, 9.17) is 4.74 Å². The molecule has 0 radical (unpaired) electrons. The van der Waals surface area contributed by atoms with Gasteiger partial charge in [0.05, 0.1) is 18.8 Å². The van der Waals surface area contributed by atoms with Crippen molar-refractivity contribution in [3.05, 3.63) is 64.7 Å². The van der Waals surface area contributed by atoms with Gasteiger partial charge in [-0.05, 0) is 48.4 Å². The third-order valence-corrected chi connectivity index (χ3v) is 7.32. The van der Waals surface area contributed by atoms with E-state index < -0.39 is 0 Å². The zero-order chi connectivity index (χ0) is 23.7. The molecular weight excluding hydrogens is 424 g/mol. The highest BCUT2D eigenvalue weighted by Gasteiger charge is 2.29. The second-order valence-corrected chi connectivity index (χ2v) is 9.27. The first-order valence-corrected chi connectivity index (χ1v) is 12.4. The summed E-state index contributed by atoms with van der Waals surface area (Å²) in [6, 6.07) is 14.4. The van der Waals surface area contributed by atoms with Crippen LogP contribution in [0.15, 0.2) is 48.0 Å². The molecule has 1 amide bonds. The third kappa shape index (κ3) is 3.88. The van der Waals surface area contributed by atoms with Gasteiger partial charge in [0.15, 0.2) is 0 Å². The first kappa shape index (κ1) is 22.6. The van der Waals surface area contributed by atoms with Crippen LogP contribution in [0.3, 0.4) is 0 Å². The van der Waals surface area contributed by atoms with Crippen LogP contribution in [0, 0.1) is 0 Å². The van der Waals surface area contributed by atoms with Crippen molar-refractivity contribution < 1.29 is 14.3 Å². The molecule has 0 atom stereocenters. The number of carbonyl (C=O) groups is 2. The number of benzene rings is 2. The van der Waals surface area contributed by atoms with Crippen LogP contribution in [-0.2, 0) is 16.1 Å². The number of aromatic nitrogens is 1. The average molecular weight is 457 g/mol. The summed E-state index contributed by atoms with van der Waals surface area (Å²) in [6.45, 7) is 7.57. The molecule has 5 heteroatoms. The van der Waals surface area contributed by atoms with Gasteiger partial charge in [0.25, 0.3) is 5.91 Å². The molecule has 3 aromatic rings. The number of hydrogen-bond donors (Lipinski definition) is 0. The van der Waals surface area contributed by atoms with Crippen LogP contribution < -0.4 is 0 Å². The van der Waals surface area contributed by atoms with E-state index in [1.54, 1.807) is 0 Å². The SMILES string of the molecule is CCC(CC)c1c2n(c3cc(C=O)ccc13)CC(C(=O)N1CCCOCC1)=Cc1ccccc1-2. The molecule has 0 spiro atoms. The van der Waals surface area contributed by atoms with Crippen LogP contribution in [0.1, 0.15) is 60.5 Å². The molecule has 0 aliphatic carbocycles. The Bertz CT molecular complexity index is 1260. The maximum atomic E-state index is 13.7. The first-order valence-electron chi connectivity index (χ1n) is 12.4. The number of amides is 1. The summed E-state index contributed by atoms with van der Waals surface area (Å²) in [5, 5.41) is 1.18. The van der Waals surface area contributed by atoms with E-state index >= 15 is 0 Å². The Morgan fingerprint density at radius 2 is 1.91 bits per heavy atom. The van der Waals surface area contributed by atoms with E-state index in [0.29, 0.717) is 44.3 Å². The summed E-state index contributed by atoms with van der Waals surface area (Å²) >= 11 is 0. The fraction of sp³-hybridized carbons (Fsp3) is 0.379. The zero-order valence-electron chi connectivity index (χ0n) is 20.0. The van der Waals surface area contributed by atoms with E-state index in [-0.39, 0.29) is 5.91 Å². The highest BCUT2D eigenvalue weighted by Crippen LogP contribution is 2.44. The van der Waals surface area contributed by atoms with E-state index in [9.17, 15) is 9.59 Å². The molecule has 176 valence electrons. The summed E-state index contributed by atoms with van der Waals surface area (Å²) in [5.41, 5.74) is 7.18. The number of hydrogen-bond acceptors (Lipinski definition) is 3. The van der Waals surface area contributed by atoms with Gasteiger partial charge in [-0.2, -0.15) is 0 Å². The van der Waals surface area contributed by atoms with Crippen LogP contribution in [0.25, 0.3) is 28.2 Å². The van der Waals surface area contributed by atoms with Crippen molar-refractivity contribution in [1.29, 1.82) is 0 Å². The lowest BCUT2D eigenvalue weighted by atomic mass is 9.88. The van der Waals surface area contributed by atoms with Crippen LogP contribution in [-0.4, -0.2) is 48.0 Å². The Balaban J connectivity index is 1.75. The Labute approximate surface area is 201 Å². The fourth-order valence-electron chi connectivity index (χ4n) is 5.56. The lowest BCUT2D eigenvalue weighted by molar-refractivity contribution is -0.127. The number of fused-ring (bicyclic) bond motifs is 5. The van der Waals surface area contributed by atoms with E-state index in [2.05, 4.69) is 48.8 Å². The molecule has 0 N–H and O–H groups in total. The van der Waals surface area contributed by atoms with Crippen molar-refractivity contribution in [3.8, 4) is 11.3 Å². The van der Waals surface area contributed by atoms with Crippen LogP contribution >= 0.6 is 0 Å². The summed E-state index contributed by atoms with van der Waals surface area (Å²) in [7, 11) is 0. The van der Waals surface area contributed by atoms with Gasteiger partial charge in [-0.25, -0.2) is 0 Å². The van der Waals surface area contributed by atoms with Crippen LogP contribution in [0.5, 0.6) is 0 Å². The highest BCUT2D eigenvalue weighted by molar-refractivity contribution is 6.02. The topological polar surface area (TPSA) is 51.5 Å². The minimum Gasteiger partial charge on any atom is -0.380 e. The Kier molecular flexibility index (Phi) is 6.38. The number of rotatable bonds is 5. The normalized spacial score (nSPS) is 16.0. The molecular formula is C29H32N2O3. The smallest absolute Gasteiger partial charge is 0.251 e. The monoisotopic (exact) mass is 456 g/mol. The van der Waals surface area contributed by atoms with Crippen molar-refractivity contribution in [2.45, 2.75) is 45.6 Å². The Morgan fingerprint density at radius 3 is 2.71 bits per heavy atom. The van der Waals surface area contributed by atoms with Crippen LogP contribution in [0.2, 0.25) is 0 Å². The summed E-state index contributed by atoms with van der Waals surface area (Å²) < 4.78 is 7.86. The number of nitrogens with zero attached hydrogens (tertiary/aromatic N) is 2. The summed E-state index contributed by atoms with van der Waals surface area (Å²) in [4.78, 5) is 27.3. The second kappa shape index (κ2) is 9.59. The molecule has 2 aromatic carbocycles. The highest BCUT2D eigenvalue weighted by atomic mass is 16.5. The third-order valence-electron chi connectivity index (χ3n) is 7.32. The molecule has 0 unspecified atom stereocenters. The van der Waals surface area contributed by atoms with Crippen molar-refractivity contribution in [3.63, 3.8) is 0 Å². The van der Waals surface area contributed by atoms with Gasteiger partial charge in [0.2, 0.25) is 0 Å². The van der Waals surface area contributed by atoms with Gasteiger partial charge < -0.3 is 14.2 Å². The summed E-state index contributed by atoms with van der Waals surface area (Å²) in [6.07, 6.45) is 5.90. The molecule has 34 heavy (non-hydrogen) atoms. The Morgan fingerprint density at radius 1 is 1.09 bits per heavy atom. The van der Waals surface area contributed by atoms with Crippen molar-refractivity contribution in [2.24, 2.45) is 0 Å². The lowest BCUT2D eigenvalue weighted by Gasteiger charge is -2.22. The first-order chi connectivity index (χ1) is 16.7. The molecule has 5 rings (SSSR count). The largest absolute Gasteiger partial charge is 0.380 e.